The van der Waals surface area contributed by atoms with Gasteiger partial charge in [-0.05, 0) is 32.0 Å². The lowest BCUT2D eigenvalue weighted by molar-refractivity contribution is -0.141. The summed E-state index contributed by atoms with van der Waals surface area (Å²) in [6.45, 7) is 3.62. The molecular weight excluding hydrogens is 326 g/mol. The van der Waals surface area contributed by atoms with E-state index in [0.717, 1.165) is 15.4 Å². The minimum Gasteiger partial charge on any atom is -0.465 e. The Hall–Kier alpha value is -1.82. The lowest BCUT2D eigenvalue weighted by Gasteiger charge is -2.03. The van der Waals surface area contributed by atoms with E-state index < -0.39 is 11.9 Å². The predicted molar refractivity (Wildman–Crippen MR) is 77.6 cm³/mol. The minimum absolute atomic E-state index is 0.174. The molecule has 0 saturated carbocycles. The van der Waals surface area contributed by atoms with Crippen molar-refractivity contribution >= 4 is 38.8 Å². The van der Waals surface area contributed by atoms with Crippen LogP contribution in [0.3, 0.4) is 0 Å². The Morgan fingerprint density at radius 1 is 1.40 bits per heavy atom. The first-order valence-electron chi connectivity index (χ1n) is 6.15. The van der Waals surface area contributed by atoms with Crippen LogP contribution >= 0.6 is 15.9 Å². The maximum absolute atomic E-state index is 12.0. The number of esters is 1. The smallest absolute Gasteiger partial charge is 0.325 e. The number of hydrogen-bond donors (Lipinski definition) is 1. The summed E-state index contributed by atoms with van der Waals surface area (Å²) in [5.74, 6) is -0.692. The van der Waals surface area contributed by atoms with E-state index in [-0.39, 0.29) is 18.9 Å². The van der Waals surface area contributed by atoms with Gasteiger partial charge in [0.15, 0.2) is 5.76 Å². The van der Waals surface area contributed by atoms with Crippen molar-refractivity contribution in [3.63, 3.8) is 0 Å². The molecule has 1 N–H and O–H groups in total. The minimum atomic E-state index is -0.475. The van der Waals surface area contributed by atoms with Crippen LogP contribution in [0.1, 0.15) is 23.0 Å². The van der Waals surface area contributed by atoms with E-state index in [2.05, 4.69) is 21.2 Å². The van der Waals surface area contributed by atoms with Gasteiger partial charge in [0.05, 0.1) is 6.61 Å². The third-order valence-electron chi connectivity index (χ3n) is 2.80. The Morgan fingerprint density at radius 3 is 2.85 bits per heavy atom. The number of amides is 1. The molecule has 0 saturated heterocycles. The largest absolute Gasteiger partial charge is 0.465 e. The highest BCUT2D eigenvalue weighted by Crippen LogP contribution is 2.27. The summed E-state index contributed by atoms with van der Waals surface area (Å²) < 4.78 is 11.2. The van der Waals surface area contributed by atoms with Gasteiger partial charge in [-0.25, -0.2) is 0 Å². The molecule has 0 atom stereocenters. The number of carbonyl (C=O) groups excluding carboxylic acids is 2. The van der Waals surface area contributed by atoms with Crippen molar-refractivity contribution in [2.24, 2.45) is 0 Å². The summed E-state index contributed by atoms with van der Waals surface area (Å²) in [6, 6.07) is 5.51. The molecule has 0 unspecified atom stereocenters. The summed E-state index contributed by atoms with van der Waals surface area (Å²) in [5.41, 5.74) is 1.37. The Balaban J connectivity index is 2.18. The first-order chi connectivity index (χ1) is 9.52. The molecule has 2 rings (SSSR count). The Labute approximate surface area is 124 Å². The molecule has 1 amide bonds. The van der Waals surface area contributed by atoms with Crippen molar-refractivity contribution in [1.29, 1.82) is 0 Å². The van der Waals surface area contributed by atoms with Crippen molar-refractivity contribution in [2.75, 3.05) is 13.2 Å². The van der Waals surface area contributed by atoms with Gasteiger partial charge < -0.3 is 14.5 Å². The molecule has 0 aliphatic heterocycles. The van der Waals surface area contributed by atoms with E-state index in [1.165, 1.54) is 0 Å². The normalized spacial score (nSPS) is 10.6. The van der Waals surface area contributed by atoms with E-state index in [0.29, 0.717) is 5.58 Å². The highest BCUT2D eigenvalue weighted by atomic mass is 79.9. The van der Waals surface area contributed by atoms with Gasteiger partial charge in [-0.1, -0.05) is 15.9 Å². The van der Waals surface area contributed by atoms with Gasteiger partial charge in [0.1, 0.15) is 12.1 Å². The molecule has 0 aliphatic rings. The van der Waals surface area contributed by atoms with Crippen LogP contribution in [0.5, 0.6) is 0 Å². The van der Waals surface area contributed by atoms with Crippen molar-refractivity contribution in [2.45, 2.75) is 13.8 Å². The van der Waals surface area contributed by atoms with Crippen LogP contribution in [0, 0.1) is 6.92 Å². The molecule has 5 nitrogen and oxygen atoms in total. The van der Waals surface area contributed by atoms with Crippen molar-refractivity contribution in [3.8, 4) is 0 Å². The number of ether oxygens (including phenoxy) is 1. The number of rotatable bonds is 4. The lowest BCUT2D eigenvalue weighted by atomic mass is 10.1. The first-order valence-corrected chi connectivity index (χ1v) is 6.94. The molecular formula is C14H14BrNO4. The zero-order valence-corrected chi connectivity index (χ0v) is 12.7. The first kappa shape index (κ1) is 14.6. The van der Waals surface area contributed by atoms with Crippen LogP contribution < -0.4 is 5.32 Å². The average Bonchev–Trinajstić information content (AvgIpc) is 2.74. The van der Waals surface area contributed by atoms with Gasteiger partial charge in [-0.3, -0.25) is 9.59 Å². The fraction of sp³-hybridized carbons (Fsp3) is 0.286. The number of furan rings is 1. The number of carbonyl (C=O) groups is 2. The standard InChI is InChI=1S/C14H14BrNO4/c1-3-19-12(17)7-16-14(18)13-8(2)10-6-9(15)4-5-11(10)20-13/h4-6H,3,7H2,1-2H3,(H,16,18). The van der Waals surface area contributed by atoms with E-state index in [4.69, 9.17) is 9.15 Å². The summed E-state index contributed by atoms with van der Waals surface area (Å²) in [7, 11) is 0. The highest BCUT2D eigenvalue weighted by molar-refractivity contribution is 9.10. The number of aryl methyl sites for hydroxylation is 1. The second kappa shape index (κ2) is 6.09. The predicted octanol–water partition coefficient (Wildman–Crippen LogP) is 2.80. The second-order valence-electron chi connectivity index (χ2n) is 4.18. The molecule has 0 fully saturated rings. The number of nitrogens with one attached hydrogen (secondary N) is 1. The Bertz CT molecular complexity index is 662. The third kappa shape index (κ3) is 3.01. The third-order valence-corrected chi connectivity index (χ3v) is 3.30. The zero-order valence-electron chi connectivity index (χ0n) is 11.2. The molecule has 0 spiro atoms. The quantitative estimate of drug-likeness (QED) is 0.869. The fourth-order valence-electron chi connectivity index (χ4n) is 1.85. The van der Waals surface area contributed by atoms with Gasteiger partial charge in [0.25, 0.3) is 5.91 Å². The van der Waals surface area contributed by atoms with Crippen LogP contribution in [0.15, 0.2) is 27.1 Å². The highest BCUT2D eigenvalue weighted by Gasteiger charge is 2.18. The van der Waals surface area contributed by atoms with E-state index >= 15 is 0 Å². The molecule has 1 aromatic heterocycles. The number of halogens is 1. The van der Waals surface area contributed by atoms with Gasteiger partial charge in [-0.15, -0.1) is 0 Å². The molecule has 6 heteroatoms. The lowest BCUT2D eigenvalue weighted by Crippen LogP contribution is -2.30. The Morgan fingerprint density at radius 2 is 2.15 bits per heavy atom. The summed E-state index contributed by atoms with van der Waals surface area (Å²) in [4.78, 5) is 23.2. The van der Waals surface area contributed by atoms with Gasteiger partial charge in [0.2, 0.25) is 0 Å². The van der Waals surface area contributed by atoms with Crippen LogP contribution in [0.25, 0.3) is 11.0 Å². The number of hydrogen-bond acceptors (Lipinski definition) is 4. The van der Waals surface area contributed by atoms with Crippen molar-refractivity contribution in [1.82, 2.24) is 5.32 Å². The molecule has 20 heavy (non-hydrogen) atoms. The average molecular weight is 340 g/mol. The zero-order chi connectivity index (χ0) is 14.7. The van der Waals surface area contributed by atoms with E-state index in [1.54, 1.807) is 19.9 Å². The van der Waals surface area contributed by atoms with Crippen molar-refractivity contribution in [3.05, 3.63) is 34.0 Å². The monoisotopic (exact) mass is 339 g/mol. The van der Waals surface area contributed by atoms with Crippen LogP contribution in [-0.2, 0) is 9.53 Å². The van der Waals surface area contributed by atoms with Gasteiger partial charge in [-0.2, -0.15) is 0 Å². The fourth-order valence-corrected chi connectivity index (χ4v) is 2.22. The summed E-state index contributed by atoms with van der Waals surface area (Å²) in [6.07, 6.45) is 0. The molecule has 1 heterocycles. The molecule has 0 radical (unpaired) electrons. The van der Waals surface area contributed by atoms with E-state index in [1.807, 2.05) is 12.1 Å². The molecule has 0 bridgehead atoms. The van der Waals surface area contributed by atoms with E-state index in [9.17, 15) is 9.59 Å². The van der Waals surface area contributed by atoms with Gasteiger partial charge in [0, 0.05) is 15.4 Å². The van der Waals surface area contributed by atoms with Crippen LogP contribution in [0.2, 0.25) is 0 Å². The van der Waals surface area contributed by atoms with Gasteiger partial charge >= 0.3 is 5.97 Å². The molecule has 106 valence electrons. The summed E-state index contributed by atoms with van der Waals surface area (Å²) >= 11 is 3.38. The van der Waals surface area contributed by atoms with Crippen LogP contribution in [-0.4, -0.2) is 25.0 Å². The molecule has 0 aliphatic carbocycles. The van der Waals surface area contributed by atoms with Crippen molar-refractivity contribution < 1.29 is 18.7 Å². The second-order valence-corrected chi connectivity index (χ2v) is 5.10. The number of fused-ring (bicyclic) bond motifs is 1. The maximum Gasteiger partial charge on any atom is 0.325 e. The van der Waals surface area contributed by atoms with Crippen LogP contribution in [0.4, 0.5) is 0 Å². The maximum atomic E-state index is 12.0. The topological polar surface area (TPSA) is 68.5 Å². The molecule has 1 aromatic carbocycles. The number of benzene rings is 1. The molecule has 2 aromatic rings. The Kier molecular flexibility index (Phi) is 4.44. The summed E-state index contributed by atoms with van der Waals surface area (Å²) in [5, 5.41) is 3.34. The SMILES string of the molecule is CCOC(=O)CNC(=O)c1oc2ccc(Br)cc2c1C.